The molecular weight excluding hydrogens is 178 g/mol. The molecule has 1 atom stereocenters. The molecule has 3 nitrogen and oxygen atoms in total. The number of ether oxygens (including phenoxy) is 1. The van der Waals surface area contributed by atoms with Gasteiger partial charge in [-0.3, -0.25) is 0 Å². The van der Waals surface area contributed by atoms with Gasteiger partial charge in [-0.15, -0.1) is 0 Å². The maximum absolute atomic E-state index is 11.4. The summed E-state index contributed by atoms with van der Waals surface area (Å²) in [5.41, 5.74) is 0.511. The summed E-state index contributed by atoms with van der Waals surface area (Å²) in [6, 6.07) is 10.7. The molecule has 0 radical (unpaired) electrons. The van der Waals surface area contributed by atoms with Crippen LogP contribution in [-0.4, -0.2) is 12.1 Å². The third-order valence-corrected chi connectivity index (χ3v) is 1.70. The van der Waals surface area contributed by atoms with Crippen LogP contribution in [0.15, 0.2) is 30.3 Å². The third-order valence-electron chi connectivity index (χ3n) is 1.70. The molecule has 0 bridgehead atoms. The maximum Gasteiger partial charge on any atom is 0.338 e. The van der Waals surface area contributed by atoms with E-state index in [1.54, 1.807) is 31.2 Å². The summed E-state index contributed by atoms with van der Waals surface area (Å²) >= 11 is 0. The van der Waals surface area contributed by atoms with E-state index < -0.39 is 0 Å². The Morgan fingerprint density at radius 1 is 1.50 bits per heavy atom. The second-order valence-electron chi connectivity index (χ2n) is 2.94. The van der Waals surface area contributed by atoms with Crippen molar-refractivity contribution in [2.75, 3.05) is 0 Å². The topological polar surface area (TPSA) is 50.1 Å². The number of carbonyl (C=O) groups excluding carboxylic acids is 1. The number of esters is 1. The van der Waals surface area contributed by atoms with Gasteiger partial charge in [0.05, 0.1) is 18.1 Å². The van der Waals surface area contributed by atoms with E-state index in [-0.39, 0.29) is 18.5 Å². The Hall–Kier alpha value is -1.82. The number of nitriles is 1. The SMILES string of the molecule is CC(CC#N)OC(=O)c1ccccc1. The highest BCUT2D eigenvalue weighted by Gasteiger charge is 2.10. The minimum atomic E-state index is -0.381. The van der Waals surface area contributed by atoms with E-state index in [1.165, 1.54) is 0 Å². The van der Waals surface area contributed by atoms with Gasteiger partial charge in [-0.2, -0.15) is 5.26 Å². The van der Waals surface area contributed by atoms with Crippen molar-refractivity contribution in [3.05, 3.63) is 35.9 Å². The van der Waals surface area contributed by atoms with Crippen molar-refractivity contribution in [2.45, 2.75) is 19.4 Å². The molecule has 0 aliphatic carbocycles. The molecule has 0 heterocycles. The molecule has 1 rings (SSSR count). The molecule has 0 amide bonds. The van der Waals surface area contributed by atoms with E-state index in [9.17, 15) is 4.79 Å². The van der Waals surface area contributed by atoms with Crippen LogP contribution in [0, 0.1) is 11.3 Å². The largest absolute Gasteiger partial charge is 0.458 e. The summed E-state index contributed by atoms with van der Waals surface area (Å²) < 4.78 is 5.02. The molecule has 1 aromatic rings. The highest BCUT2D eigenvalue weighted by Crippen LogP contribution is 2.05. The zero-order valence-corrected chi connectivity index (χ0v) is 7.93. The summed E-state index contributed by atoms with van der Waals surface area (Å²) in [4.78, 5) is 11.4. The van der Waals surface area contributed by atoms with E-state index in [4.69, 9.17) is 10.00 Å². The van der Waals surface area contributed by atoms with Crippen LogP contribution in [0.5, 0.6) is 0 Å². The van der Waals surface area contributed by atoms with Gasteiger partial charge in [0.25, 0.3) is 0 Å². The van der Waals surface area contributed by atoms with Crippen molar-refractivity contribution in [3.63, 3.8) is 0 Å². The van der Waals surface area contributed by atoms with Gasteiger partial charge in [-0.05, 0) is 19.1 Å². The molecule has 0 fully saturated rings. The first kappa shape index (κ1) is 10.3. The number of nitrogens with zero attached hydrogens (tertiary/aromatic N) is 1. The molecule has 14 heavy (non-hydrogen) atoms. The minimum Gasteiger partial charge on any atom is -0.458 e. The Bertz CT molecular complexity index is 340. The maximum atomic E-state index is 11.4. The van der Waals surface area contributed by atoms with Crippen LogP contribution in [0.2, 0.25) is 0 Å². The van der Waals surface area contributed by atoms with Gasteiger partial charge in [0.1, 0.15) is 6.10 Å². The lowest BCUT2D eigenvalue weighted by Crippen LogP contribution is -2.14. The van der Waals surface area contributed by atoms with Crippen LogP contribution in [-0.2, 0) is 4.74 Å². The average Bonchev–Trinajstić information content (AvgIpc) is 2.19. The van der Waals surface area contributed by atoms with Gasteiger partial charge >= 0.3 is 5.97 Å². The number of hydrogen-bond donors (Lipinski definition) is 0. The van der Waals surface area contributed by atoms with Gasteiger partial charge in [0.15, 0.2) is 0 Å². The van der Waals surface area contributed by atoms with Crippen LogP contribution in [0.4, 0.5) is 0 Å². The van der Waals surface area contributed by atoms with E-state index in [1.807, 2.05) is 12.1 Å². The van der Waals surface area contributed by atoms with Crippen molar-refractivity contribution in [3.8, 4) is 6.07 Å². The Kier molecular flexibility index (Phi) is 3.69. The zero-order valence-electron chi connectivity index (χ0n) is 7.93. The lowest BCUT2D eigenvalue weighted by atomic mass is 10.2. The second-order valence-corrected chi connectivity index (χ2v) is 2.94. The molecule has 0 spiro atoms. The first-order valence-electron chi connectivity index (χ1n) is 4.37. The molecule has 0 aliphatic heterocycles. The van der Waals surface area contributed by atoms with E-state index >= 15 is 0 Å². The lowest BCUT2D eigenvalue weighted by Gasteiger charge is -2.09. The number of hydrogen-bond acceptors (Lipinski definition) is 3. The highest BCUT2D eigenvalue weighted by molar-refractivity contribution is 5.89. The highest BCUT2D eigenvalue weighted by atomic mass is 16.5. The van der Waals surface area contributed by atoms with Crippen molar-refractivity contribution in [1.82, 2.24) is 0 Å². The predicted octanol–water partition coefficient (Wildman–Crippen LogP) is 2.15. The monoisotopic (exact) mass is 189 g/mol. The van der Waals surface area contributed by atoms with E-state index in [0.717, 1.165) is 0 Å². The summed E-state index contributed by atoms with van der Waals surface area (Å²) in [6.45, 7) is 1.70. The molecule has 0 aromatic heterocycles. The first-order chi connectivity index (χ1) is 6.74. The lowest BCUT2D eigenvalue weighted by molar-refractivity contribution is 0.0351. The molecule has 0 saturated carbocycles. The molecule has 1 aromatic carbocycles. The first-order valence-corrected chi connectivity index (χ1v) is 4.37. The van der Waals surface area contributed by atoms with Crippen LogP contribution >= 0.6 is 0 Å². The molecule has 72 valence electrons. The average molecular weight is 189 g/mol. The molecular formula is C11H11NO2. The summed E-state index contributed by atoms with van der Waals surface area (Å²) in [5, 5.41) is 8.38. The Morgan fingerprint density at radius 2 is 2.14 bits per heavy atom. The van der Waals surface area contributed by atoms with E-state index in [0.29, 0.717) is 5.56 Å². The zero-order chi connectivity index (χ0) is 10.4. The van der Waals surface area contributed by atoms with Crippen molar-refractivity contribution < 1.29 is 9.53 Å². The normalized spacial score (nSPS) is 11.4. The quantitative estimate of drug-likeness (QED) is 0.684. The Morgan fingerprint density at radius 3 is 2.71 bits per heavy atom. The smallest absolute Gasteiger partial charge is 0.338 e. The molecule has 0 N–H and O–H groups in total. The van der Waals surface area contributed by atoms with Gasteiger partial charge in [-0.25, -0.2) is 4.79 Å². The Balaban J connectivity index is 2.56. The summed E-state index contributed by atoms with van der Waals surface area (Å²) in [6.07, 6.45) is -0.133. The van der Waals surface area contributed by atoms with Crippen LogP contribution in [0.3, 0.4) is 0 Å². The van der Waals surface area contributed by atoms with Crippen molar-refractivity contribution >= 4 is 5.97 Å². The van der Waals surface area contributed by atoms with Gasteiger partial charge < -0.3 is 4.74 Å². The second kappa shape index (κ2) is 5.03. The van der Waals surface area contributed by atoms with E-state index in [2.05, 4.69) is 0 Å². The van der Waals surface area contributed by atoms with Gasteiger partial charge in [-0.1, -0.05) is 18.2 Å². The fourth-order valence-electron chi connectivity index (χ4n) is 0.995. The summed E-state index contributed by atoms with van der Waals surface area (Å²) in [7, 11) is 0. The Labute approximate surface area is 82.9 Å². The summed E-state index contributed by atoms with van der Waals surface area (Å²) in [5.74, 6) is -0.381. The molecule has 0 saturated heterocycles. The fraction of sp³-hybridized carbons (Fsp3) is 0.273. The predicted molar refractivity (Wildman–Crippen MR) is 51.5 cm³/mol. The molecule has 0 aliphatic rings. The van der Waals surface area contributed by atoms with Crippen molar-refractivity contribution in [1.29, 1.82) is 5.26 Å². The third kappa shape index (κ3) is 2.91. The number of benzene rings is 1. The van der Waals surface area contributed by atoms with Crippen LogP contribution in [0.25, 0.3) is 0 Å². The minimum absolute atomic E-state index is 0.221. The standard InChI is InChI=1S/C11H11NO2/c1-9(7-8-12)14-11(13)10-5-3-2-4-6-10/h2-6,9H,7H2,1H3. The number of carbonyl (C=O) groups is 1. The van der Waals surface area contributed by atoms with Gasteiger partial charge in [0.2, 0.25) is 0 Å². The van der Waals surface area contributed by atoms with Crippen LogP contribution in [0.1, 0.15) is 23.7 Å². The van der Waals surface area contributed by atoms with Crippen molar-refractivity contribution in [2.24, 2.45) is 0 Å². The molecule has 3 heteroatoms. The van der Waals surface area contributed by atoms with Gasteiger partial charge in [0, 0.05) is 0 Å². The van der Waals surface area contributed by atoms with Crippen LogP contribution < -0.4 is 0 Å². The molecule has 1 unspecified atom stereocenters. The number of rotatable bonds is 3. The fourth-order valence-corrected chi connectivity index (χ4v) is 0.995.